The summed E-state index contributed by atoms with van der Waals surface area (Å²) in [4.78, 5) is 9.38. The molecule has 5 aromatic carbocycles. The predicted octanol–water partition coefficient (Wildman–Crippen LogP) is 10.9. The largest absolute Gasteiger partial charge is 0.305 e. The second-order valence-corrected chi connectivity index (χ2v) is 18.2. The Labute approximate surface area is 306 Å². The summed E-state index contributed by atoms with van der Waals surface area (Å²) >= 11 is 0. The van der Waals surface area contributed by atoms with Crippen LogP contribution in [0.15, 0.2) is 158 Å². The van der Waals surface area contributed by atoms with Crippen molar-refractivity contribution in [1.82, 2.24) is 9.97 Å². The zero-order chi connectivity index (χ0) is 33.3. The molecule has 49 heavy (non-hydrogen) atoms. The summed E-state index contributed by atoms with van der Waals surface area (Å²) in [6, 6.07) is 57.1. The van der Waals surface area contributed by atoms with Crippen molar-refractivity contribution in [3.63, 3.8) is 0 Å². The Bertz CT molecular complexity index is 2060. The number of aryl methyl sites for hydroxylation is 1. The molecule has 7 rings (SSSR count). The van der Waals surface area contributed by atoms with Crippen molar-refractivity contribution in [2.45, 2.75) is 33.0 Å². The smallest absolute Gasteiger partial charge is 0.0795 e. The van der Waals surface area contributed by atoms with E-state index in [0.717, 1.165) is 28.9 Å². The van der Waals surface area contributed by atoms with Crippen molar-refractivity contribution >= 4 is 13.3 Å². The van der Waals surface area contributed by atoms with E-state index in [1.165, 1.54) is 44.1 Å². The molecule has 245 valence electrons. The minimum Gasteiger partial charge on any atom is -0.305 e. The van der Waals surface area contributed by atoms with Gasteiger partial charge in [-0.05, 0) is 45.2 Å². The van der Waals surface area contributed by atoms with Gasteiger partial charge in [-0.25, -0.2) is 0 Å². The van der Waals surface area contributed by atoms with Crippen molar-refractivity contribution < 1.29 is 20.1 Å². The Morgan fingerprint density at radius 2 is 1.22 bits per heavy atom. The van der Waals surface area contributed by atoms with Gasteiger partial charge in [0, 0.05) is 38.1 Å². The van der Waals surface area contributed by atoms with Crippen LogP contribution in [-0.4, -0.2) is 18.0 Å². The van der Waals surface area contributed by atoms with Crippen LogP contribution in [-0.2, 0) is 26.5 Å². The van der Waals surface area contributed by atoms with Gasteiger partial charge in [-0.2, -0.15) is 0 Å². The summed E-state index contributed by atoms with van der Waals surface area (Å²) < 4.78 is 0. The first-order valence-corrected chi connectivity index (χ1v) is 19.9. The molecule has 2 aromatic heterocycles. The zero-order valence-corrected chi connectivity index (χ0v) is 31.8. The molecule has 1 radical (unpaired) electrons. The van der Waals surface area contributed by atoms with Gasteiger partial charge in [-0.15, -0.1) is 70.8 Å². The van der Waals surface area contributed by atoms with Crippen LogP contribution in [0.5, 0.6) is 0 Å². The molecule has 0 spiro atoms. The first-order valence-electron chi connectivity index (χ1n) is 16.4. The van der Waals surface area contributed by atoms with E-state index in [-0.39, 0.29) is 20.1 Å². The molecule has 2 nitrogen and oxygen atoms in total. The number of hydrogen-bond donors (Lipinski definition) is 0. The van der Waals surface area contributed by atoms with Crippen LogP contribution in [0.2, 0.25) is 19.6 Å². The van der Waals surface area contributed by atoms with Crippen LogP contribution in [0.1, 0.15) is 16.7 Å². The first-order chi connectivity index (χ1) is 23.3. The molecule has 0 saturated heterocycles. The van der Waals surface area contributed by atoms with Crippen LogP contribution in [0.25, 0.3) is 44.8 Å². The third-order valence-corrected chi connectivity index (χ3v) is 10.4. The Morgan fingerprint density at radius 3 is 1.84 bits per heavy atom. The maximum atomic E-state index is 4.73. The van der Waals surface area contributed by atoms with Gasteiger partial charge >= 0.3 is 0 Å². The minimum atomic E-state index is -1.29. The third-order valence-electron chi connectivity index (χ3n) is 8.37. The van der Waals surface area contributed by atoms with Crippen molar-refractivity contribution in [2.24, 2.45) is 0 Å². The average Bonchev–Trinajstić information content (AvgIpc) is 3.13. The fourth-order valence-corrected chi connectivity index (χ4v) is 6.60. The fourth-order valence-electron chi connectivity index (χ4n) is 5.57. The monoisotopic (exact) mass is 829 g/mol. The second kappa shape index (κ2) is 16.6. The summed E-state index contributed by atoms with van der Waals surface area (Å²) in [5.74, 6) is 0. The minimum absolute atomic E-state index is 0. The Kier molecular flexibility index (Phi) is 12.0. The topological polar surface area (TPSA) is 25.8 Å². The predicted molar refractivity (Wildman–Crippen MR) is 205 cm³/mol. The normalized spacial score (nSPS) is 10.8. The van der Waals surface area contributed by atoms with Crippen LogP contribution < -0.4 is 5.19 Å². The van der Waals surface area contributed by atoms with Gasteiger partial charge in [-0.1, -0.05) is 136 Å². The first kappa shape index (κ1) is 35.6. The van der Waals surface area contributed by atoms with Gasteiger partial charge in [0.2, 0.25) is 0 Å². The number of rotatable bonds is 7. The number of benzene rings is 5. The Morgan fingerprint density at radius 1 is 0.571 bits per heavy atom. The molecule has 0 aliphatic carbocycles. The van der Waals surface area contributed by atoms with Gasteiger partial charge in [0.05, 0.1) is 8.07 Å². The SMILES string of the molecule is C[Si](C)(C)c1ccc(-c2[c-]ccc(-c3ccccc3)c2)nc1.Cc1c[c-]c(-c2cc(Cc3ccccc3)c(-c3ccccc3)cn2)cc1.[Ir]. The standard InChI is InChI=1S/C25H20N.C20H20NSi.Ir/c1-19-12-14-22(15-13-19)25-17-23(16-20-8-4-2-5-9-20)24(18-26-25)21-10-6-3-7-11-21;1-22(2,3)19-12-13-20(21-15-19)18-11-7-10-17(14-18)16-8-5-4-6-9-16;/h2-14,17-18H,16H2,1H3;4-10,12-15H,1-3H3;/q2*-1;. The third kappa shape index (κ3) is 9.46. The van der Waals surface area contributed by atoms with Crippen LogP contribution in [0, 0.1) is 19.1 Å². The molecule has 0 fully saturated rings. The summed E-state index contributed by atoms with van der Waals surface area (Å²) in [7, 11) is -1.29. The summed E-state index contributed by atoms with van der Waals surface area (Å²) in [6.07, 6.45) is 4.91. The summed E-state index contributed by atoms with van der Waals surface area (Å²) in [6.45, 7) is 9.09. The summed E-state index contributed by atoms with van der Waals surface area (Å²) in [5, 5.41) is 1.38. The average molecular weight is 829 g/mol. The van der Waals surface area contributed by atoms with E-state index in [1.54, 1.807) is 0 Å². The fraction of sp³-hybridized carbons (Fsp3) is 0.111. The molecule has 0 unspecified atom stereocenters. The zero-order valence-electron chi connectivity index (χ0n) is 28.4. The molecule has 7 aromatic rings. The van der Waals surface area contributed by atoms with Gasteiger partial charge in [0.15, 0.2) is 0 Å². The molecule has 0 atom stereocenters. The van der Waals surface area contributed by atoms with E-state index >= 15 is 0 Å². The molecular formula is C45H40IrN2Si-2. The van der Waals surface area contributed by atoms with Gasteiger partial charge in [0.1, 0.15) is 0 Å². The van der Waals surface area contributed by atoms with Crippen molar-refractivity contribution in [1.29, 1.82) is 0 Å². The molecule has 0 bridgehead atoms. The van der Waals surface area contributed by atoms with E-state index in [0.29, 0.717) is 0 Å². The van der Waals surface area contributed by atoms with E-state index in [1.807, 2.05) is 36.7 Å². The molecule has 0 saturated carbocycles. The van der Waals surface area contributed by atoms with Gasteiger partial charge < -0.3 is 9.97 Å². The van der Waals surface area contributed by atoms with Crippen LogP contribution in [0.4, 0.5) is 0 Å². The Balaban J connectivity index is 0.000000190. The molecule has 0 amide bonds. The molecule has 0 aliphatic heterocycles. The van der Waals surface area contributed by atoms with Crippen molar-refractivity contribution in [3.05, 3.63) is 187 Å². The van der Waals surface area contributed by atoms with Crippen LogP contribution >= 0.6 is 0 Å². The van der Waals surface area contributed by atoms with Gasteiger partial charge in [-0.3, -0.25) is 0 Å². The van der Waals surface area contributed by atoms with E-state index in [4.69, 9.17) is 4.98 Å². The van der Waals surface area contributed by atoms with Crippen LogP contribution in [0.3, 0.4) is 0 Å². The molecular weight excluding hydrogens is 789 g/mol. The van der Waals surface area contributed by atoms with E-state index < -0.39 is 8.07 Å². The number of nitrogens with zero attached hydrogens (tertiary/aromatic N) is 2. The van der Waals surface area contributed by atoms with Crippen molar-refractivity contribution in [3.8, 4) is 44.8 Å². The molecule has 0 aliphatic rings. The number of aromatic nitrogens is 2. The van der Waals surface area contributed by atoms with E-state index in [2.05, 4.69) is 165 Å². The second-order valence-electron chi connectivity index (χ2n) is 13.1. The maximum Gasteiger partial charge on any atom is 0.0795 e. The molecule has 0 N–H and O–H groups in total. The summed E-state index contributed by atoms with van der Waals surface area (Å²) in [5.41, 5.74) is 12.6. The quantitative estimate of drug-likeness (QED) is 0.118. The molecule has 2 heterocycles. The Hall–Kier alpha value is -4.73. The van der Waals surface area contributed by atoms with E-state index in [9.17, 15) is 0 Å². The molecule has 4 heteroatoms. The van der Waals surface area contributed by atoms with Gasteiger partial charge in [0.25, 0.3) is 0 Å². The maximum absolute atomic E-state index is 4.73. The van der Waals surface area contributed by atoms with Crippen molar-refractivity contribution in [2.75, 3.05) is 0 Å². The number of pyridine rings is 2. The number of hydrogen-bond acceptors (Lipinski definition) is 2.